The Morgan fingerprint density at radius 3 is 3.00 bits per heavy atom. The highest BCUT2D eigenvalue weighted by Gasteiger charge is 2.22. The van der Waals surface area contributed by atoms with Crippen LogP contribution >= 0.6 is 15.9 Å². The SMILES string of the molecule is CCC1CCCC(Oc2nc(N)cc(Br)n2)C1. The van der Waals surface area contributed by atoms with E-state index in [9.17, 15) is 0 Å². The van der Waals surface area contributed by atoms with Gasteiger partial charge in [0, 0.05) is 6.07 Å². The first-order chi connectivity index (χ1) is 8.17. The summed E-state index contributed by atoms with van der Waals surface area (Å²) in [5.74, 6) is 1.21. The first-order valence-electron chi connectivity index (χ1n) is 6.14. The number of aromatic nitrogens is 2. The van der Waals surface area contributed by atoms with Gasteiger partial charge in [-0.05, 0) is 41.1 Å². The van der Waals surface area contributed by atoms with Crippen molar-refractivity contribution in [2.45, 2.75) is 45.1 Å². The average Bonchev–Trinajstić information content (AvgIpc) is 2.28. The number of hydrogen-bond donors (Lipinski definition) is 1. The first kappa shape index (κ1) is 12.6. The Morgan fingerprint density at radius 2 is 2.29 bits per heavy atom. The topological polar surface area (TPSA) is 61.0 Å². The van der Waals surface area contributed by atoms with Gasteiger partial charge in [0.05, 0.1) is 0 Å². The molecule has 0 amide bonds. The van der Waals surface area contributed by atoms with Crippen molar-refractivity contribution in [1.29, 1.82) is 0 Å². The maximum Gasteiger partial charge on any atom is 0.319 e. The Hall–Kier alpha value is -0.840. The molecule has 94 valence electrons. The van der Waals surface area contributed by atoms with Gasteiger partial charge in [0.1, 0.15) is 16.5 Å². The summed E-state index contributed by atoms with van der Waals surface area (Å²) in [6.07, 6.45) is 6.20. The normalized spacial score (nSPS) is 24.6. The standard InChI is InChI=1S/C12H18BrN3O/c1-2-8-4-3-5-9(6-8)17-12-15-10(13)7-11(14)16-12/h7-9H,2-6H2,1H3,(H2,14,15,16). The molecule has 1 aromatic rings. The van der Waals surface area contributed by atoms with Crippen molar-refractivity contribution in [2.75, 3.05) is 5.73 Å². The van der Waals surface area contributed by atoms with Crippen molar-refractivity contribution in [3.63, 3.8) is 0 Å². The van der Waals surface area contributed by atoms with Crippen LogP contribution in [0.2, 0.25) is 0 Å². The Kier molecular flexibility index (Phi) is 4.20. The van der Waals surface area contributed by atoms with E-state index in [1.54, 1.807) is 6.07 Å². The molecule has 2 atom stereocenters. The molecule has 17 heavy (non-hydrogen) atoms. The lowest BCUT2D eigenvalue weighted by atomic mass is 9.86. The molecule has 1 aliphatic carbocycles. The van der Waals surface area contributed by atoms with Gasteiger partial charge in [0.25, 0.3) is 0 Å². The Balaban J connectivity index is 2.00. The number of halogens is 1. The molecule has 0 aliphatic heterocycles. The lowest BCUT2D eigenvalue weighted by Crippen LogP contribution is -2.26. The fourth-order valence-corrected chi connectivity index (χ4v) is 2.72. The Bertz CT molecular complexity index is 366. The lowest BCUT2D eigenvalue weighted by molar-refractivity contribution is 0.111. The van der Waals surface area contributed by atoms with Crippen LogP contribution in [0.1, 0.15) is 39.0 Å². The molecule has 0 radical (unpaired) electrons. The fraction of sp³-hybridized carbons (Fsp3) is 0.667. The molecule has 1 fully saturated rings. The van der Waals surface area contributed by atoms with Crippen molar-refractivity contribution in [1.82, 2.24) is 9.97 Å². The quantitative estimate of drug-likeness (QED) is 0.871. The number of nitrogen functional groups attached to an aromatic ring is 1. The van der Waals surface area contributed by atoms with Gasteiger partial charge in [-0.1, -0.05) is 19.8 Å². The van der Waals surface area contributed by atoms with Gasteiger partial charge in [-0.25, -0.2) is 0 Å². The molecule has 1 saturated carbocycles. The molecule has 1 heterocycles. The molecular weight excluding hydrogens is 282 g/mol. The highest BCUT2D eigenvalue weighted by Crippen LogP contribution is 2.29. The smallest absolute Gasteiger partial charge is 0.319 e. The second-order valence-corrected chi connectivity index (χ2v) is 5.39. The lowest BCUT2D eigenvalue weighted by Gasteiger charge is -2.28. The second kappa shape index (κ2) is 5.67. The molecule has 2 rings (SSSR count). The van der Waals surface area contributed by atoms with Crippen LogP contribution in [0.15, 0.2) is 10.7 Å². The first-order valence-corrected chi connectivity index (χ1v) is 6.93. The van der Waals surface area contributed by atoms with Crippen molar-refractivity contribution in [2.24, 2.45) is 5.92 Å². The van der Waals surface area contributed by atoms with E-state index in [1.807, 2.05) is 0 Å². The van der Waals surface area contributed by atoms with E-state index in [0.717, 1.165) is 18.8 Å². The summed E-state index contributed by atoms with van der Waals surface area (Å²) in [6, 6.07) is 2.06. The van der Waals surface area contributed by atoms with E-state index in [1.165, 1.54) is 19.3 Å². The highest BCUT2D eigenvalue weighted by molar-refractivity contribution is 9.10. The molecule has 4 nitrogen and oxygen atoms in total. The van der Waals surface area contributed by atoms with Crippen LogP contribution in [0, 0.1) is 5.92 Å². The summed E-state index contributed by atoms with van der Waals surface area (Å²) in [5.41, 5.74) is 5.66. The molecule has 0 bridgehead atoms. The van der Waals surface area contributed by atoms with Crippen molar-refractivity contribution >= 4 is 21.7 Å². The maximum atomic E-state index is 5.82. The van der Waals surface area contributed by atoms with Gasteiger partial charge in [-0.15, -0.1) is 0 Å². The van der Waals surface area contributed by atoms with Crippen molar-refractivity contribution in [3.8, 4) is 6.01 Å². The molecule has 2 unspecified atom stereocenters. The van der Waals surface area contributed by atoms with Crippen LogP contribution in [-0.2, 0) is 0 Å². The van der Waals surface area contributed by atoms with Gasteiger partial charge >= 0.3 is 6.01 Å². The summed E-state index contributed by atoms with van der Waals surface area (Å²) < 4.78 is 6.49. The van der Waals surface area contributed by atoms with Crippen LogP contribution in [0.3, 0.4) is 0 Å². The molecule has 2 N–H and O–H groups in total. The van der Waals surface area contributed by atoms with Crippen LogP contribution < -0.4 is 10.5 Å². The summed E-state index contributed by atoms with van der Waals surface area (Å²) in [4.78, 5) is 8.28. The van der Waals surface area contributed by atoms with Gasteiger partial charge in [-0.3, -0.25) is 0 Å². The van der Waals surface area contributed by atoms with Crippen molar-refractivity contribution in [3.05, 3.63) is 10.7 Å². The van der Waals surface area contributed by atoms with E-state index in [-0.39, 0.29) is 6.10 Å². The summed E-state index contributed by atoms with van der Waals surface area (Å²) in [5, 5.41) is 0. The molecular formula is C12H18BrN3O. The second-order valence-electron chi connectivity index (χ2n) is 4.58. The predicted octanol–water partition coefficient (Wildman–Crippen LogP) is 3.17. The summed E-state index contributed by atoms with van der Waals surface area (Å²) in [6.45, 7) is 2.24. The Labute approximate surface area is 110 Å². The molecule has 0 spiro atoms. The van der Waals surface area contributed by atoms with Gasteiger partial charge in [-0.2, -0.15) is 9.97 Å². The molecule has 0 saturated heterocycles. The minimum Gasteiger partial charge on any atom is -0.460 e. The third-order valence-electron chi connectivity index (χ3n) is 3.28. The molecule has 1 aliphatic rings. The minimum absolute atomic E-state index is 0.238. The molecule has 1 aromatic heterocycles. The average molecular weight is 300 g/mol. The number of nitrogens with two attached hydrogens (primary N) is 1. The largest absolute Gasteiger partial charge is 0.460 e. The van der Waals surface area contributed by atoms with E-state index < -0.39 is 0 Å². The third-order valence-corrected chi connectivity index (χ3v) is 3.68. The summed E-state index contributed by atoms with van der Waals surface area (Å²) in [7, 11) is 0. The fourth-order valence-electron chi connectivity index (χ4n) is 2.33. The highest BCUT2D eigenvalue weighted by atomic mass is 79.9. The van der Waals surface area contributed by atoms with E-state index in [2.05, 4.69) is 32.8 Å². The number of ether oxygens (including phenoxy) is 1. The van der Waals surface area contributed by atoms with Crippen LogP contribution in [0.4, 0.5) is 5.82 Å². The van der Waals surface area contributed by atoms with E-state index in [4.69, 9.17) is 10.5 Å². The van der Waals surface area contributed by atoms with E-state index in [0.29, 0.717) is 16.4 Å². The zero-order valence-electron chi connectivity index (χ0n) is 10.0. The third kappa shape index (κ3) is 3.56. The monoisotopic (exact) mass is 299 g/mol. The number of hydrogen-bond acceptors (Lipinski definition) is 4. The number of nitrogens with zero attached hydrogens (tertiary/aromatic N) is 2. The minimum atomic E-state index is 0.238. The zero-order chi connectivity index (χ0) is 12.3. The van der Waals surface area contributed by atoms with Crippen molar-refractivity contribution < 1.29 is 4.74 Å². The molecule has 5 heteroatoms. The summed E-state index contributed by atoms with van der Waals surface area (Å²) >= 11 is 3.29. The van der Waals surface area contributed by atoms with Gasteiger partial charge < -0.3 is 10.5 Å². The number of rotatable bonds is 3. The van der Waals surface area contributed by atoms with Gasteiger partial charge in [0.2, 0.25) is 0 Å². The van der Waals surface area contributed by atoms with Crippen LogP contribution in [-0.4, -0.2) is 16.1 Å². The zero-order valence-corrected chi connectivity index (χ0v) is 11.6. The number of anilines is 1. The van der Waals surface area contributed by atoms with Crippen LogP contribution in [0.5, 0.6) is 6.01 Å². The predicted molar refractivity (Wildman–Crippen MR) is 70.8 cm³/mol. The van der Waals surface area contributed by atoms with E-state index >= 15 is 0 Å². The van der Waals surface area contributed by atoms with Gasteiger partial charge in [0.15, 0.2) is 0 Å². The van der Waals surface area contributed by atoms with Crippen LogP contribution in [0.25, 0.3) is 0 Å². The maximum absolute atomic E-state index is 5.82. The Morgan fingerprint density at radius 1 is 1.47 bits per heavy atom. The molecule has 0 aromatic carbocycles.